The number of alkyl halides is 1. The van der Waals surface area contributed by atoms with Crippen molar-refractivity contribution in [3.05, 3.63) is 16.4 Å². The molecule has 0 amide bonds. The summed E-state index contributed by atoms with van der Waals surface area (Å²) in [6.07, 6.45) is 3.84. The molecule has 0 bridgehead atoms. The highest BCUT2D eigenvalue weighted by Crippen LogP contribution is 2.17. The number of aryl methyl sites for hydroxylation is 1. The predicted molar refractivity (Wildman–Crippen MR) is 60.5 cm³/mol. The van der Waals surface area contributed by atoms with Crippen LogP contribution in [0, 0.1) is 0 Å². The van der Waals surface area contributed by atoms with E-state index in [0.29, 0.717) is 6.61 Å². The molecule has 1 rings (SSSR count). The second kappa shape index (κ2) is 6.95. The van der Waals surface area contributed by atoms with E-state index in [0.717, 1.165) is 29.6 Å². The Bertz CT molecular complexity index is 291. The number of rotatable bonds is 7. The Labute approximate surface area is 97.7 Å². The fraction of sp³-hybridized carbons (Fsp3) is 0.700. The maximum absolute atomic E-state index is 12.2. The summed E-state index contributed by atoms with van der Waals surface area (Å²) in [7, 11) is 0. The van der Waals surface area contributed by atoms with Crippen molar-refractivity contribution in [2.75, 3.05) is 13.3 Å². The van der Waals surface area contributed by atoms with Crippen LogP contribution in [0.5, 0.6) is 0 Å². The van der Waals surface area contributed by atoms with Crippen molar-refractivity contribution < 1.29 is 9.13 Å². The molecule has 1 heterocycles. The van der Waals surface area contributed by atoms with Crippen LogP contribution in [0.2, 0.25) is 0 Å². The summed E-state index contributed by atoms with van der Waals surface area (Å²) in [5, 5.41) is 4.05. The number of unbranched alkanes of at least 4 members (excludes halogenated alkanes) is 1. The molecule has 0 aliphatic rings. The van der Waals surface area contributed by atoms with Gasteiger partial charge in [-0.05, 0) is 22.4 Å². The highest BCUT2D eigenvalue weighted by Gasteiger charge is 2.08. The number of hydrogen-bond donors (Lipinski definition) is 0. The Morgan fingerprint density at radius 3 is 3.07 bits per heavy atom. The molecule has 86 valence electrons. The number of nitrogens with zero attached hydrogens (tertiary/aromatic N) is 2. The van der Waals surface area contributed by atoms with Gasteiger partial charge in [0, 0.05) is 6.61 Å². The molecule has 0 saturated heterocycles. The Kier molecular flexibility index (Phi) is 5.86. The van der Waals surface area contributed by atoms with Crippen molar-refractivity contribution in [2.24, 2.45) is 0 Å². The maximum atomic E-state index is 12.2. The molecule has 0 aromatic carbocycles. The molecule has 0 unspecified atom stereocenters. The van der Waals surface area contributed by atoms with Gasteiger partial charge < -0.3 is 4.74 Å². The third kappa shape index (κ3) is 3.91. The Balaban J connectivity index is 2.46. The van der Waals surface area contributed by atoms with Gasteiger partial charge >= 0.3 is 0 Å². The molecule has 15 heavy (non-hydrogen) atoms. The van der Waals surface area contributed by atoms with Crippen molar-refractivity contribution >= 4 is 15.9 Å². The summed E-state index contributed by atoms with van der Waals surface area (Å²) in [5.41, 5.74) is 0.906. The lowest BCUT2D eigenvalue weighted by atomic mass is 10.4. The van der Waals surface area contributed by atoms with E-state index < -0.39 is 6.67 Å². The van der Waals surface area contributed by atoms with Gasteiger partial charge in [0.2, 0.25) is 0 Å². The fourth-order valence-corrected chi connectivity index (χ4v) is 1.63. The molecule has 0 N–H and O–H groups in total. The fourth-order valence-electron chi connectivity index (χ4n) is 1.22. The number of hydrogen-bond acceptors (Lipinski definition) is 2. The highest BCUT2D eigenvalue weighted by molar-refractivity contribution is 9.10. The Hall–Kier alpha value is -0.420. The first kappa shape index (κ1) is 12.6. The molecule has 1 aromatic heterocycles. The van der Waals surface area contributed by atoms with Crippen molar-refractivity contribution in [1.29, 1.82) is 0 Å². The van der Waals surface area contributed by atoms with Gasteiger partial charge in [0.25, 0.3) is 0 Å². The average Bonchev–Trinajstić information content (AvgIpc) is 2.56. The maximum Gasteiger partial charge on any atom is 0.109 e. The second-order valence-corrected chi connectivity index (χ2v) is 4.11. The van der Waals surface area contributed by atoms with Gasteiger partial charge in [0.05, 0.1) is 29.5 Å². The molecule has 0 aliphatic heterocycles. The first-order chi connectivity index (χ1) is 7.29. The van der Waals surface area contributed by atoms with Crippen LogP contribution >= 0.6 is 15.9 Å². The molecule has 0 saturated carbocycles. The topological polar surface area (TPSA) is 27.1 Å². The van der Waals surface area contributed by atoms with E-state index in [2.05, 4.69) is 28.0 Å². The van der Waals surface area contributed by atoms with Crippen molar-refractivity contribution in [3.63, 3.8) is 0 Å². The normalized spacial score (nSPS) is 10.9. The van der Waals surface area contributed by atoms with Gasteiger partial charge in [0.1, 0.15) is 6.67 Å². The molecule has 0 spiro atoms. The summed E-state index contributed by atoms with van der Waals surface area (Å²) in [5.74, 6) is 0. The zero-order valence-electron chi connectivity index (χ0n) is 8.88. The van der Waals surface area contributed by atoms with Crippen LogP contribution in [-0.4, -0.2) is 23.1 Å². The highest BCUT2D eigenvalue weighted by atomic mass is 79.9. The summed E-state index contributed by atoms with van der Waals surface area (Å²) in [6, 6.07) is 0. The van der Waals surface area contributed by atoms with Crippen LogP contribution in [0.1, 0.15) is 25.5 Å². The summed E-state index contributed by atoms with van der Waals surface area (Å²) in [4.78, 5) is 0. The van der Waals surface area contributed by atoms with Crippen molar-refractivity contribution in [2.45, 2.75) is 32.9 Å². The van der Waals surface area contributed by atoms with E-state index in [1.165, 1.54) is 0 Å². The molecule has 0 fully saturated rings. The van der Waals surface area contributed by atoms with E-state index in [-0.39, 0.29) is 6.54 Å². The quantitative estimate of drug-likeness (QED) is 0.717. The average molecular weight is 279 g/mol. The molecule has 3 nitrogen and oxygen atoms in total. The first-order valence-electron chi connectivity index (χ1n) is 5.13. The van der Waals surface area contributed by atoms with E-state index in [1.807, 2.05) is 0 Å². The van der Waals surface area contributed by atoms with Crippen LogP contribution in [-0.2, 0) is 17.9 Å². The minimum Gasteiger partial charge on any atom is -0.375 e. The van der Waals surface area contributed by atoms with E-state index >= 15 is 0 Å². The first-order valence-corrected chi connectivity index (χ1v) is 5.92. The summed E-state index contributed by atoms with van der Waals surface area (Å²) < 4.78 is 20.2. The van der Waals surface area contributed by atoms with Crippen LogP contribution in [0.3, 0.4) is 0 Å². The third-order valence-electron chi connectivity index (χ3n) is 2.08. The van der Waals surface area contributed by atoms with Crippen LogP contribution in [0.25, 0.3) is 0 Å². The summed E-state index contributed by atoms with van der Waals surface area (Å²) in [6.45, 7) is 3.23. The van der Waals surface area contributed by atoms with Crippen LogP contribution < -0.4 is 0 Å². The van der Waals surface area contributed by atoms with Crippen molar-refractivity contribution in [1.82, 2.24) is 9.78 Å². The van der Waals surface area contributed by atoms with Crippen LogP contribution in [0.4, 0.5) is 4.39 Å². The molecule has 5 heteroatoms. The van der Waals surface area contributed by atoms with Gasteiger partial charge in [0.15, 0.2) is 0 Å². The van der Waals surface area contributed by atoms with Gasteiger partial charge in [-0.25, -0.2) is 4.39 Å². The van der Waals surface area contributed by atoms with Gasteiger partial charge in [-0.1, -0.05) is 13.3 Å². The lowest BCUT2D eigenvalue weighted by Crippen LogP contribution is -2.08. The molecular formula is C10H16BrFN2O. The lowest BCUT2D eigenvalue weighted by molar-refractivity contribution is 0.111. The second-order valence-electron chi connectivity index (χ2n) is 3.26. The number of ether oxygens (including phenoxy) is 1. The number of halogens is 2. The largest absolute Gasteiger partial charge is 0.375 e. The van der Waals surface area contributed by atoms with E-state index in [1.54, 1.807) is 10.9 Å². The van der Waals surface area contributed by atoms with E-state index in [9.17, 15) is 4.39 Å². The minimum absolute atomic E-state index is 0.290. The van der Waals surface area contributed by atoms with Crippen LogP contribution in [0.15, 0.2) is 10.7 Å². The minimum atomic E-state index is -0.407. The molecule has 1 aromatic rings. The molecular weight excluding hydrogens is 263 g/mol. The predicted octanol–water partition coefficient (Wildman–Crippen LogP) is 2.93. The Morgan fingerprint density at radius 2 is 2.40 bits per heavy atom. The Morgan fingerprint density at radius 1 is 1.60 bits per heavy atom. The van der Waals surface area contributed by atoms with Crippen molar-refractivity contribution in [3.8, 4) is 0 Å². The molecule has 0 atom stereocenters. The lowest BCUT2D eigenvalue weighted by Gasteiger charge is -2.06. The zero-order valence-corrected chi connectivity index (χ0v) is 10.5. The smallest absolute Gasteiger partial charge is 0.109 e. The van der Waals surface area contributed by atoms with E-state index in [4.69, 9.17) is 4.74 Å². The van der Waals surface area contributed by atoms with Gasteiger partial charge in [-0.2, -0.15) is 5.10 Å². The third-order valence-corrected chi connectivity index (χ3v) is 2.74. The standard InChI is InChI=1S/C10H16BrFN2O/c1-2-3-6-15-8-10-9(11)7-13-14(10)5-4-12/h7H,2-6,8H2,1H3. The SMILES string of the molecule is CCCCOCc1c(Br)cnn1CCF. The monoisotopic (exact) mass is 278 g/mol. The number of aromatic nitrogens is 2. The van der Waals surface area contributed by atoms with Gasteiger partial charge in [-0.15, -0.1) is 0 Å². The summed E-state index contributed by atoms with van der Waals surface area (Å²) >= 11 is 3.37. The zero-order chi connectivity index (χ0) is 11.1. The van der Waals surface area contributed by atoms with Gasteiger partial charge in [-0.3, -0.25) is 4.68 Å². The molecule has 0 aliphatic carbocycles. The molecule has 0 radical (unpaired) electrons.